The fraction of sp³-hybridized carbons (Fsp3) is 0.412. The van der Waals surface area contributed by atoms with Crippen LogP contribution in [0.1, 0.15) is 31.1 Å². The van der Waals surface area contributed by atoms with Gasteiger partial charge < -0.3 is 37.3 Å². The topological polar surface area (TPSA) is 179 Å². The van der Waals surface area contributed by atoms with Crippen molar-refractivity contribution in [1.29, 1.82) is 0 Å². The van der Waals surface area contributed by atoms with Crippen molar-refractivity contribution < 1.29 is 19.1 Å². The van der Waals surface area contributed by atoms with Crippen molar-refractivity contribution in [3.8, 4) is 0 Å². The van der Waals surface area contributed by atoms with E-state index in [2.05, 4.69) is 20.6 Å². The number of esters is 1. The lowest BCUT2D eigenvalue weighted by Crippen LogP contribution is -2.35. The molecule has 1 aromatic rings. The molecule has 28 heavy (non-hydrogen) atoms. The van der Waals surface area contributed by atoms with Gasteiger partial charge in [-0.25, -0.2) is 14.6 Å². The van der Waals surface area contributed by atoms with Crippen LogP contribution in [0.25, 0.3) is 0 Å². The number of carbonyl (C=O) groups excluding carboxylic acids is 2. The average Bonchev–Trinajstić information content (AvgIpc) is 2.56. The molecule has 11 nitrogen and oxygen atoms in total. The normalized spacial score (nSPS) is 11.4. The van der Waals surface area contributed by atoms with Crippen molar-refractivity contribution in [2.45, 2.75) is 26.4 Å². The van der Waals surface area contributed by atoms with Gasteiger partial charge in [0.15, 0.2) is 5.96 Å². The highest BCUT2D eigenvalue weighted by Crippen LogP contribution is 2.26. The van der Waals surface area contributed by atoms with Crippen LogP contribution in [0, 0.1) is 0 Å². The van der Waals surface area contributed by atoms with Crippen LogP contribution in [0.5, 0.6) is 0 Å². The van der Waals surface area contributed by atoms with Crippen molar-refractivity contribution in [3.63, 3.8) is 0 Å². The summed E-state index contributed by atoms with van der Waals surface area (Å²) in [7, 11) is 1.27. The number of benzene rings is 1. The van der Waals surface area contributed by atoms with Crippen LogP contribution >= 0.6 is 0 Å². The number of alkyl carbamates (subject to hydrolysis) is 1. The molecule has 0 aromatic heterocycles. The Morgan fingerprint density at radius 1 is 1.14 bits per heavy atom. The molecule has 0 aliphatic carbocycles. The zero-order valence-corrected chi connectivity index (χ0v) is 16.4. The third kappa shape index (κ3) is 8.25. The van der Waals surface area contributed by atoms with Gasteiger partial charge in [0.2, 0.25) is 5.96 Å². The van der Waals surface area contributed by atoms with Gasteiger partial charge in [-0.15, -0.1) is 0 Å². The van der Waals surface area contributed by atoms with Gasteiger partial charge in [-0.3, -0.25) is 0 Å². The highest BCUT2D eigenvalue weighted by Gasteiger charge is 2.15. The summed E-state index contributed by atoms with van der Waals surface area (Å²) in [6.07, 6.45) is -0.523. The van der Waals surface area contributed by atoms with Crippen LogP contribution in [0.4, 0.5) is 16.2 Å². The number of nitrogens with two attached hydrogens (primary N) is 3. The summed E-state index contributed by atoms with van der Waals surface area (Å²) >= 11 is 0. The monoisotopic (exact) mass is 393 g/mol. The van der Waals surface area contributed by atoms with Crippen LogP contribution in [-0.4, -0.2) is 49.8 Å². The van der Waals surface area contributed by atoms with Crippen LogP contribution in [0.3, 0.4) is 0 Å². The summed E-state index contributed by atoms with van der Waals surface area (Å²) in [4.78, 5) is 31.1. The highest BCUT2D eigenvalue weighted by molar-refractivity contribution is 5.96. The minimum absolute atomic E-state index is 0.183. The Hall–Kier alpha value is -3.50. The number of nitrogens with zero attached hydrogens (tertiary/aromatic N) is 2. The molecule has 0 spiro atoms. The van der Waals surface area contributed by atoms with Crippen LogP contribution in [0.2, 0.25) is 0 Å². The maximum Gasteiger partial charge on any atom is 0.407 e. The lowest BCUT2D eigenvalue weighted by atomic mass is 10.1. The zero-order chi connectivity index (χ0) is 21.3. The SMILES string of the molecule is COC(=O)c1ccc(NCCNC(=O)OC(C)(C)C)c(N=C(N)N=C(N)N)c1. The molecule has 0 aliphatic rings. The molecule has 0 heterocycles. The number of hydrogen-bond donors (Lipinski definition) is 5. The van der Waals surface area contributed by atoms with Gasteiger partial charge in [0.25, 0.3) is 0 Å². The summed E-state index contributed by atoms with van der Waals surface area (Å²) in [5, 5.41) is 5.70. The van der Waals surface area contributed by atoms with E-state index in [1.54, 1.807) is 32.9 Å². The van der Waals surface area contributed by atoms with E-state index in [1.165, 1.54) is 13.2 Å². The van der Waals surface area contributed by atoms with Crippen LogP contribution in [-0.2, 0) is 9.47 Å². The van der Waals surface area contributed by atoms with E-state index in [0.717, 1.165) is 0 Å². The number of methoxy groups -OCH3 is 1. The largest absolute Gasteiger partial charge is 0.465 e. The van der Waals surface area contributed by atoms with E-state index >= 15 is 0 Å². The molecule has 1 amide bonds. The first-order chi connectivity index (χ1) is 13.0. The minimum atomic E-state index is -0.577. The first-order valence-corrected chi connectivity index (χ1v) is 8.38. The molecule has 0 aliphatic heterocycles. The third-order valence-electron chi connectivity index (χ3n) is 3.01. The van der Waals surface area contributed by atoms with E-state index in [9.17, 15) is 9.59 Å². The summed E-state index contributed by atoms with van der Waals surface area (Å²) in [5.74, 6) is -0.964. The van der Waals surface area contributed by atoms with E-state index in [-0.39, 0.29) is 17.5 Å². The number of amides is 1. The van der Waals surface area contributed by atoms with Crippen molar-refractivity contribution in [2.75, 3.05) is 25.5 Å². The van der Waals surface area contributed by atoms with E-state index < -0.39 is 17.7 Å². The van der Waals surface area contributed by atoms with Crippen molar-refractivity contribution in [1.82, 2.24) is 5.32 Å². The molecular formula is C17H27N7O4. The van der Waals surface area contributed by atoms with E-state index in [1.807, 2.05) is 0 Å². The fourth-order valence-electron chi connectivity index (χ4n) is 1.98. The number of rotatable bonds is 6. The third-order valence-corrected chi connectivity index (χ3v) is 3.01. The lowest BCUT2D eigenvalue weighted by Gasteiger charge is -2.19. The van der Waals surface area contributed by atoms with Crippen molar-refractivity contribution in [3.05, 3.63) is 23.8 Å². The van der Waals surface area contributed by atoms with Gasteiger partial charge in [-0.2, -0.15) is 4.99 Å². The molecule has 11 heteroatoms. The predicted molar refractivity (Wildman–Crippen MR) is 108 cm³/mol. The Morgan fingerprint density at radius 3 is 2.39 bits per heavy atom. The van der Waals surface area contributed by atoms with Crippen molar-refractivity contribution in [2.24, 2.45) is 27.2 Å². The Morgan fingerprint density at radius 2 is 1.82 bits per heavy atom. The molecule has 154 valence electrons. The number of hydrogen-bond acceptors (Lipinski definition) is 6. The number of ether oxygens (including phenoxy) is 2. The fourth-order valence-corrected chi connectivity index (χ4v) is 1.98. The van der Waals surface area contributed by atoms with Crippen LogP contribution < -0.4 is 27.8 Å². The average molecular weight is 393 g/mol. The second-order valence-electron chi connectivity index (χ2n) is 6.59. The Labute approximate surface area is 163 Å². The summed E-state index contributed by atoms with van der Waals surface area (Å²) < 4.78 is 9.85. The van der Waals surface area contributed by atoms with Gasteiger partial charge >= 0.3 is 12.1 Å². The number of carbonyl (C=O) groups is 2. The predicted octanol–water partition coefficient (Wildman–Crippen LogP) is 0.629. The summed E-state index contributed by atoms with van der Waals surface area (Å²) in [6.45, 7) is 5.98. The van der Waals surface area contributed by atoms with Gasteiger partial charge in [0.1, 0.15) is 5.60 Å². The number of nitrogens with one attached hydrogen (secondary N) is 2. The molecule has 0 fully saturated rings. The second kappa shape index (κ2) is 10.00. The van der Waals surface area contributed by atoms with Crippen molar-refractivity contribution >= 4 is 35.4 Å². The van der Waals surface area contributed by atoms with E-state index in [0.29, 0.717) is 24.5 Å². The van der Waals surface area contributed by atoms with E-state index in [4.69, 9.17) is 26.7 Å². The summed E-state index contributed by atoms with van der Waals surface area (Å²) in [6, 6.07) is 4.66. The second-order valence-corrected chi connectivity index (χ2v) is 6.59. The van der Waals surface area contributed by atoms with Gasteiger partial charge in [0.05, 0.1) is 24.0 Å². The first-order valence-electron chi connectivity index (χ1n) is 8.38. The molecule has 1 aromatic carbocycles. The first kappa shape index (κ1) is 22.5. The standard InChI is InChI=1S/C17H27N7O4/c1-17(2,3)28-16(26)22-8-7-21-11-6-5-10(13(25)27-4)9-12(11)23-15(20)24-14(18)19/h5-6,9,21H,7-8H2,1-4H3,(H,22,26)(H6,18,19,20,23,24). The Bertz CT molecular complexity index is 765. The Kier molecular flexibility index (Phi) is 8.05. The molecule has 8 N–H and O–H groups in total. The van der Waals surface area contributed by atoms with Gasteiger partial charge in [-0.05, 0) is 39.0 Å². The molecule has 0 radical (unpaired) electrons. The molecule has 0 bridgehead atoms. The van der Waals surface area contributed by atoms with Gasteiger partial charge in [-0.1, -0.05) is 0 Å². The smallest absolute Gasteiger partial charge is 0.407 e. The van der Waals surface area contributed by atoms with Crippen LogP contribution in [0.15, 0.2) is 28.2 Å². The molecule has 1 rings (SSSR count). The molecular weight excluding hydrogens is 366 g/mol. The molecule has 0 saturated carbocycles. The Balaban J connectivity index is 2.88. The number of aliphatic imine (C=N–C) groups is 2. The maximum atomic E-state index is 11.7. The minimum Gasteiger partial charge on any atom is -0.465 e. The molecule has 0 saturated heterocycles. The van der Waals surface area contributed by atoms with Gasteiger partial charge in [0, 0.05) is 13.1 Å². The zero-order valence-electron chi connectivity index (χ0n) is 16.4. The number of guanidine groups is 2. The maximum absolute atomic E-state index is 11.7. The molecule has 0 atom stereocenters. The quantitative estimate of drug-likeness (QED) is 0.202. The lowest BCUT2D eigenvalue weighted by molar-refractivity contribution is 0.0528. The highest BCUT2D eigenvalue weighted by atomic mass is 16.6. The number of anilines is 1. The molecule has 0 unspecified atom stereocenters. The summed E-state index contributed by atoms with van der Waals surface area (Å²) in [5.41, 5.74) is 16.8.